The van der Waals surface area contributed by atoms with E-state index in [4.69, 9.17) is 5.84 Å². The maximum atomic E-state index is 11.8. The van der Waals surface area contributed by atoms with Crippen LogP contribution < -0.4 is 16.6 Å². The summed E-state index contributed by atoms with van der Waals surface area (Å²) in [6.07, 6.45) is 2.42. The summed E-state index contributed by atoms with van der Waals surface area (Å²) in [5, 5.41) is 2.94. The zero-order valence-electron chi connectivity index (χ0n) is 9.23. The first kappa shape index (κ1) is 10.9. The number of carbonyl (C=O) groups excluding carboxylic acids is 1. The van der Waals surface area contributed by atoms with E-state index < -0.39 is 0 Å². The van der Waals surface area contributed by atoms with E-state index in [-0.39, 0.29) is 11.9 Å². The van der Waals surface area contributed by atoms with Crippen LogP contribution in [0.4, 0.5) is 5.82 Å². The Morgan fingerprint density at radius 1 is 1.56 bits per heavy atom. The van der Waals surface area contributed by atoms with Gasteiger partial charge in [-0.1, -0.05) is 6.07 Å². The molecule has 1 saturated carbocycles. The van der Waals surface area contributed by atoms with Crippen LogP contribution in [0.15, 0.2) is 18.2 Å². The summed E-state index contributed by atoms with van der Waals surface area (Å²) in [6.45, 7) is 2.03. The van der Waals surface area contributed by atoms with Crippen LogP contribution in [-0.4, -0.2) is 16.9 Å². The highest BCUT2D eigenvalue weighted by molar-refractivity contribution is 5.92. The molecule has 0 bridgehead atoms. The van der Waals surface area contributed by atoms with Crippen molar-refractivity contribution < 1.29 is 4.79 Å². The third-order valence-electron chi connectivity index (χ3n) is 2.82. The van der Waals surface area contributed by atoms with E-state index in [1.54, 1.807) is 18.2 Å². The molecule has 1 aromatic rings. The number of nitrogens with one attached hydrogen (secondary N) is 2. The molecular weight excluding hydrogens is 204 g/mol. The molecule has 1 atom stereocenters. The number of hydrazine groups is 1. The van der Waals surface area contributed by atoms with Crippen LogP contribution in [0.25, 0.3) is 0 Å². The number of aromatic nitrogens is 1. The summed E-state index contributed by atoms with van der Waals surface area (Å²) >= 11 is 0. The van der Waals surface area contributed by atoms with Gasteiger partial charge in [0.15, 0.2) is 0 Å². The fourth-order valence-electron chi connectivity index (χ4n) is 1.64. The number of hydrogen-bond donors (Lipinski definition) is 3. The molecule has 1 aromatic heterocycles. The lowest BCUT2D eigenvalue weighted by Crippen LogP contribution is -2.34. The molecule has 0 radical (unpaired) electrons. The number of nitrogen functional groups attached to an aromatic ring is 1. The quantitative estimate of drug-likeness (QED) is 0.520. The van der Waals surface area contributed by atoms with E-state index in [2.05, 4.69) is 15.7 Å². The number of hydrogen-bond acceptors (Lipinski definition) is 4. The topological polar surface area (TPSA) is 80.0 Å². The van der Waals surface area contributed by atoms with Crippen molar-refractivity contribution in [3.05, 3.63) is 23.9 Å². The van der Waals surface area contributed by atoms with Crippen molar-refractivity contribution in [1.82, 2.24) is 10.3 Å². The van der Waals surface area contributed by atoms with Crippen LogP contribution in [0.3, 0.4) is 0 Å². The maximum Gasteiger partial charge on any atom is 0.270 e. The molecule has 1 fully saturated rings. The van der Waals surface area contributed by atoms with Crippen LogP contribution >= 0.6 is 0 Å². The molecule has 1 unspecified atom stereocenters. The summed E-state index contributed by atoms with van der Waals surface area (Å²) in [7, 11) is 0. The van der Waals surface area contributed by atoms with Crippen LogP contribution in [0, 0.1) is 5.92 Å². The maximum absolute atomic E-state index is 11.8. The number of carbonyl (C=O) groups is 1. The third kappa shape index (κ3) is 2.49. The van der Waals surface area contributed by atoms with Gasteiger partial charge >= 0.3 is 0 Å². The first-order chi connectivity index (χ1) is 7.70. The van der Waals surface area contributed by atoms with E-state index in [1.807, 2.05) is 6.92 Å². The highest BCUT2D eigenvalue weighted by Crippen LogP contribution is 2.32. The Hall–Kier alpha value is -1.62. The molecule has 86 valence electrons. The average Bonchev–Trinajstić information content (AvgIpc) is 3.13. The van der Waals surface area contributed by atoms with Crippen molar-refractivity contribution in [2.45, 2.75) is 25.8 Å². The molecule has 1 amide bonds. The molecule has 0 saturated heterocycles. The fraction of sp³-hybridized carbons (Fsp3) is 0.455. The van der Waals surface area contributed by atoms with Crippen molar-refractivity contribution in [1.29, 1.82) is 0 Å². The van der Waals surface area contributed by atoms with E-state index in [0.29, 0.717) is 17.4 Å². The van der Waals surface area contributed by atoms with Crippen molar-refractivity contribution >= 4 is 11.7 Å². The summed E-state index contributed by atoms with van der Waals surface area (Å²) < 4.78 is 0. The summed E-state index contributed by atoms with van der Waals surface area (Å²) in [5.41, 5.74) is 2.81. The second-order valence-corrected chi connectivity index (χ2v) is 4.15. The zero-order chi connectivity index (χ0) is 11.5. The first-order valence-corrected chi connectivity index (χ1v) is 5.45. The number of anilines is 1. The van der Waals surface area contributed by atoms with E-state index in [1.165, 1.54) is 12.8 Å². The summed E-state index contributed by atoms with van der Waals surface area (Å²) in [4.78, 5) is 15.9. The molecule has 0 spiro atoms. The van der Waals surface area contributed by atoms with Gasteiger partial charge in [0, 0.05) is 6.04 Å². The van der Waals surface area contributed by atoms with E-state index in [0.717, 1.165) is 0 Å². The van der Waals surface area contributed by atoms with Gasteiger partial charge in [0.1, 0.15) is 11.5 Å². The lowest BCUT2D eigenvalue weighted by Gasteiger charge is -2.12. The van der Waals surface area contributed by atoms with Gasteiger partial charge in [0.05, 0.1) is 0 Å². The SMILES string of the molecule is CC(NC(=O)c1cccc(NN)n1)C1CC1. The molecule has 0 aliphatic heterocycles. The largest absolute Gasteiger partial charge is 0.348 e. The van der Waals surface area contributed by atoms with Crippen molar-refractivity contribution in [2.24, 2.45) is 11.8 Å². The van der Waals surface area contributed by atoms with Gasteiger partial charge in [-0.15, -0.1) is 0 Å². The third-order valence-corrected chi connectivity index (χ3v) is 2.82. The van der Waals surface area contributed by atoms with Gasteiger partial charge in [0.25, 0.3) is 5.91 Å². The summed E-state index contributed by atoms with van der Waals surface area (Å²) in [6, 6.07) is 5.36. The highest BCUT2D eigenvalue weighted by atomic mass is 16.1. The van der Waals surface area contributed by atoms with Crippen LogP contribution in [-0.2, 0) is 0 Å². The Balaban J connectivity index is 2.01. The van der Waals surface area contributed by atoms with Gasteiger partial charge in [-0.3, -0.25) is 4.79 Å². The molecule has 1 aliphatic carbocycles. The number of pyridine rings is 1. The smallest absolute Gasteiger partial charge is 0.270 e. The monoisotopic (exact) mass is 220 g/mol. The molecular formula is C11H16N4O. The highest BCUT2D eigenvalue weighted by Gasteiger charge is 2.29. The van der Waals surface area contributed by atoms with Crippen molar-refractivity contribution in [2.75, 3.05) is 5.43 Å². The fourth-order valence-corrected chi connectivity index (χ4v) is 1.64. The molecule has 1 aliphatic rings. The minimum absolute atomic E-state index is 0.142. The molecule has 2 rings (SSSR count). The Labute approximate surface area is 94.4 Å². The molecule has 16 heavy (non-hydrogen) atoms. The van der Waals surface area contributed by atoms with Crippen molar-refractivity contribution in [3.63, 3.8) is 0 Å². The normalized spacial score (nSPS) is 16.6. The number of amides is 1. The van der Waals surface area contributed by atoms with E-state index >= 15 is 0 Å². The molecule has 4 N–H and O–H groups in total. The predicted molar refractivity (Wildman–Crippen MR) is 61.7 cm³/mol. The van der Waals surface area contributed by atoms with Gasteiger partial charge in [0.2, 0.25) is 0 Å². The van der Waals surface area contributed by atoms with Crippen LogP contribution in [0.2, 0.25) is 0 Å². The first-order valence-electron chi connectivity index (χ1n) is 5.45. The standard InChI is InChI=1S/C11H16N4O/c1-7(8-5-6-8)13-11(16)9-3-2-4-10(14-9)15-12/h2-4,7-8H,5-6,12H2,1H3,(H,13,16)(H,14,15). The number of nitrogens with zero attached hydrogens (tertiary/aromatic N) is 1. The van der Waals surface area contributed by atoms with Gasteiger partial charge in [-0.2, -0.15) is 0 Å². The Kier molecular flexibility index (Phi) is 3.05. The zero-order valence-corrected chi connectivity index (χ0v) is 9.23. The lowest BCUT2D eigenvalue weighted by molar-refractivity contribution is 0.0931. The Morgan fingerprint density at radius 2 is 2.31 bits per heavy atom. The van der Waals surface area contributed by atoms with Crippen LogP contribution in [0.1, 0.15) is 30.3 Å². The Bertz CT molecular complexity index is 389. The molecule has 5 heteroatoms. The molecule has 1 heterocycles. The van der Waals surface area contributed by atoms with Gasteiger partial charge in [-0.25, -0.2) is 10.8 Å². The predicted octanol–water partition coefficient (Wildman–Crippen LogP) is 0.895. The lowest BCUT2D eigenvalue weighted by atomic mass is 10.2. The van der Waals surface area contributed by atoms with E-state index in [9.17, 15) is 4.79 Å². The minimum Gasteiger partial charge on any atom is -0.348 e. The summed E-state index contributed by atoms with van der Waals surface area (Å²) in [5.74, 6) is 6.22. The van der Waals surface area contributed by atoms with Crippen molar-refractivity contribution in [3.8, 4) is 0 Å². The second kappa shape index (κ2) is 4.49. The van der Waals surface area contributed by atoms with Crippen LogP contribution in [0.5, 0.6) is 0 Å². The molecule has 0 aromatic carbocycles. The average molecular weight is 220 g/mol. The number of rotatable bonds is 4. The second-order valence-electron chi connectivity index (χ2n) is 4.15. The number of nitrogens with two attached hydrogens (primary N) is 1. The van der Waals surface area contributed by atoms with Gasteiger partial charge < -0.3 is 10.7 Å². The Morgan fingerprint density at radius 3 is 2.94 bits per heavy atom. The minimum atomic E-state index is -0.142. The van der Waals surface area contributed by atoms with Gasteiger partial charge in [-0.05, 0) is 37.8 Å². The molecule has 5 nitrogen and oxygen atoms in total.